The summed E-state index contributed by atoms with van der Waals surface area (Å²) in [5.41, 5.74) is 4.13. The van der Waals surface area contributed by atoms with Crippen LogP contribution < -0.4 is 5.73 Å². The molecule has 0 radical (unpaired) electrons. The van der Waals surface area contributed by atoms with Crippen molar-refractivity contribution in [3.8, 4) is 0 Å². The van der Waals surface area contributed by atoms with E-state index in [2.05, 4.69) is 4.74 Å². The number of carbonyl (C=O) groups is 1. The summed E-state index contributed by atoms with van der Waals surface area (Å²) in [6, 6.07) is 0.690. The van der Waals surface area contributed by atoms with Crippen LogP contribution in [0.2, 0.25) is 5.02 Å². The normalized spacial score (nSPS) is 14.0. The van der Waals surface area contributed by atoms with Crippen LogP contribution in [0.3, 0.4) is 0 Å². The number of carbonyl (C=O) groups excluding carboxylic acids is 1. The first kappa shape index (κ1) is 19.9. The highest BCUT2D eigenvalue weighted by molar-refractivity contribution is 6.31. The van der Waals surface area contributed by atoms with Crippen LogP contribution in [0.1, 0.15) is 24.1 Å². The first-order valence-corrected chi connectivity index (χ1v) is 5.99. The van der Waals surface area contributed by atoms with Gasteiger partial charge in [-0.2, -0.15) is 13.2 Å². The molecule has 0 aliphatic carbocycles. The van der Waals surface area contributed by atoms with Crippen molar-refractivity contribution in [2.24, 2.45) is 5.73 Å². The third-order valence-electron chi connectivity index (χ3n) is 2.51. The molecule has 0 spiro atoms. The number of benzene rings is 1. The standard InChI is InChI=1S/C12H12ClF4NO2.ClH/c1-2-20-11(19)9(14)10(18)7-5-6(12(15,16)17)3-4-8(7)13;/h3-5,9-10H,2,18H2,1H3;1H/t9?,10-;/m1./s1. The number of hydrogen-bond donors (Lipinski definition) is 1. The summed E-state index contributed by atoms with van der Waals surface area (Å²) in [4.78, 5) is 11.2. The lowest BCUT2D eigenvalue weighted by Gasteiger charge is -2.18. The van der Waals surface area contributed by atoms with Crippen molar-refractivity contribution in [2.75, 3.05) is 6.61 Å². The number of esters is 1. The molecule has 0 saturated heterocycles. The van der Waals surface area contributed by atoms with Gasteiger partial charge in [-0.25, -0.2) is 9.18 Å². The van der Waals surface area contributed by atoms with Gasteiger partial charge in [0.1, 0.15) is 0 Å². The molecule has 2 atom stereocenters. The van der Waals surface area contributed by atoms with E-state index in [1.807, 2.05) is 0 Å². The molecule has 1 aromatic rings. The largest absolute Gasteiger partial charge is 0.464 e. The lowest BCUT2D eigenvalue weighted by molar-refractivity contribution is -0.149. The van der Waals surface area contributed by atoms with Crippen molar-refractivity contribution in [1.82, 2.24) is 0 Å². The van der Waals surface area contributed by atoms with E-state index in [0.717, 1.165) is 12.1 Å². The summed E-state index contributed by atoms with van der Waals surface area (Å²) < 4.78 is 55.9. The van der Waals surface area contributed by atoms with Crippen molar-refractivity contribution >= 4 is 30.0 Å². The quantitative estimate of drug-likeness (QED) is 0.666. The summed E-state index contributed by atoms with van der Waals surface area (Å²) in [5, 5.41) is -0.155. The van der Waals surface area contributed by atoms with Crippen molar-refractivity contribution in [3.05, 3.63) is 34.3 Å². The zero-order chi connectivity index (χ0) is 15.5. The maximum atomic E-state index is 13.7. The number of ether oxygens (including phenoxy) is 1. The summed E-state index contributed by atoms with van der Waals surface area (Å²) in [5.74, 6) is -1.24. The molecule has 21 heavy (non-hydrogen) atoms. The Balaban J connectivity index is 0.00000400. The third-order valence-corrected chi connectivity index (χ3v) is 2.85. The van der Waals surface area contributed by atoms with Gasteiger partial charge in [0.15, 0.2) is 0 Å². The van der Waals surface area contributed by atoms with E-state index in [-0.39, 0.29) is 29.6 Å². The van der Waals surface area contributed by atoms with Gasteiger partial charge in [-0.3, -0.25) is 0 Å². The minimum Gasteiger partial charge on any atom is -0.464 e. The molecule has 0 aromatic heterocycles. The van der Waals surface area contributed by atoms with Gasteiger partial charge >= 0.3 is 12.1 Å². The summed E-state index contributed by atoms with van der Waals surface area (Å²) in [7, 11) is 0. The van der Waals surface area contributed by atoms with E-state index in [1.54, 1.807) is 0 Å². The van der Waals surface area contributed by atoms with Crippen molar-refractivity contribution < 1.29 is 27.1 Å². The predicted octanol–water partition coefficient (Wildman–Crippen LogP) is 3.68. The molecule has 1 unspecified atom stereocenters. The third kappa shape index (κ3) is 5.01. The highest BCUT2D eigenvalue weighted by Gasteiger charge is 2.34. The molecule has 0 amide bonds. The monoisotopic (exact) mass is 349 g/mol. The molecule has 0 aliphatic heterocycles. The zero-order valence-electron chi connectivity index (χ0n) is 10.8. The smallest absolute Gasteiger partial charge is 0.416 e. The second kappa shape index (κ2) is 7.82. The van der Waals surface area contributed by atoms with Gasteiger partial charge in [-0.15, -0.1) is 12.4 Å². The molecule has 0 heterocycles. The second-order valence-corrected chi connectivity index (χ2v) is 4.32. The summed E-state index contributed by atoms with van der Waals surface area (Å²) >= 11 is 5.70. The molecule has 1 rings (SSSR count). The molecular formula is C12H13Cl2F4NO2. The number of halogens is 6. The first-order chi connectivity index (χ1) is 9.18. The Kier molecular flexibility index (Phi) is 7.43. The summed E-state index contributed by atoms with van der Waals surface area (Å²) in [6.45, 7) is 1.40. The van der Waals surface area contributed by atoms with E-state index >= 15 is 0 Å². The Labute approximate surface area is 129 Å². The summed E-state index contributed by atoms with van der Waals surface area (Å²) in [6.07, 6.45) is -6.91. The van der Waals surface area contributed by atoms with Gasteiger partial charge in [0.05, 0.1) is 18.2 Å². The Hall–Kier alpha value is -1.05. The van der Waals surface area contributed by atoms with E-state index in [9.17, 15) is 22.4 Å². The van der Waals surface area contributed by atoms with Gasteiger partial charge in [-0.1, -0.05) is 11.6 Å². The highest BCUT2D eigenvalue weighted by atomic mass is 35.5. The van der Waals surface area contributed by atoms with Gasteiger partial charge < -0.3 is 10.5 Å². The Bertz CT molecular complexity index is 497. The number of alkyl halides is 4. The molecule has 0 aliphatic rings. The van der Waals surface area contributed by atoms with Crippen LogP contribution in [0.25, 0.3) is 0 Å². The van der Waals surface area contributed by atoms with Gasteiger partial charge in [0.2, 0.25) is 6.17 Å². The molecule has 0 fully saturated rings. The van der Waals surface area contributed by atoms with Crippen LogP contribution in [-0.4, -0.2) is 18.7 Å². The number of nitrogens with two attached hydrogens (primary N) is 1. The highest BCUT2D eigenvalue weighted by Crippen LogP contribution is 2.34. The first-order valence-electron chi connectivity index (χ1n) is 5.61. The molecule has 9 heteroatoms. The molecule has 120 valence electrons. The average molecular weight is 350 g/mol. The van der Waals surface area contributed by atoms with Gasteiger partial charge in [0, 0.05) is 5.02 Å². The minimum absolute atomic E-state index is 0. The average Bonchev–Trinajstić information content (AvgIpc) is 2.36. The molecule has 3 nitrogen and oxygen atoms in total. The van der Waals surface area contributed by atoms with E-state index in [0.29, 0.717) is 6.07 Å². The minimum atomic E-state index is -4.62. The predicted molar refractivity (Wildman–Crippen MR) is 72.2 cm³/mol. The molecule has 2 N–H and O–H groups in total. The number of rotatable bonds is 4. The Morgan fingerprint density at radius 1 is 1.43 bits per heavy atom. The molecule has 0 bridgehead atoms. The number of hydrogen-bond acceptors (Lipinski definition) is 3. The topological polar surface area (TPSA) is 52.3 Å². The van der Waals surface area contributed by atoms with E-state index in [4.69, 9.17) is 17.3 Å². The van der Waals surface area contributed by atoms with Crippen molar-refractivity contribution in [1.29, 1.82) is 0 Å². The Morgan fingerprint density at radius 3 is 2.48 bits per heavy atom. The second-order valence-electron chi connectivity index (χ2n) is 3.91. The Morgan fingerprint density at radius 2 is 2.00 bits per heavy atom. The van der Waals surface area contributed by atoms with E-state index in [1.165, 1.54) is 6.92 Å². The van der Waals surface area contributed by atoms with Crippen molar-refractivity contribution in [2.45, 2.75) is 25.3 Å². The zero-order valence-corrected chi connectivity index (χ0v) is 12.4. The fourth-order valence-corrected chi connectivity index (χ4v) is 1.75. The molecule has 0 saturated carbocycles. The maximum absolute atomic E-state index is 13.7. The SMILES string of the molecule is CCOC(=O)C(F)[C@H](N)c1cc(C(F)(F)F)ccc1Cl.Cl. The van der Waals surface area contributed by atoms with Crippen LogP contribution in [-0.2, 0) is 15.7 Å². The van der Waals surface area contributed by atoms with Crippen LogP contribution in [0.4, 0.5) is 17.6 Å². The van der Waals surface area contributed by atoms with E-state index < -0.39 is 29.9 Å². The lowest BCUT2D eigenvalue weighted by Crippen LogP contribution is -2.32. The molecule has 1 aromatic carbocycles. The van der Waals surface area contributed by atoms with Crippen LogP contribution in [0, 0.1) is 0 Å². The lowest BCUT2D eigenvalue weighted by atomic mass is 10.0. The van der Waals surface area contributed by atoms with Gasteiger partial charge in [0.25, 0.3) is 0 Å². The van der Waals surface area contributed by atoms with Crippen LogP contribution >= 0.6 is 24.0 Å². The van der Waals surface area contributed by atoms with Gasteiger partial charge in [-0.05, 0) is 30.7 Å². The molecular weight excluding hydrogens is 337 g/mol. The van der Waals surface area contributed by atoms with Crippen LogP contribution in [0.5, 0.6) is 0 Å². The fourth-order valence-electron chi connectivity index (χ4n) is 1.50. The maximum Gasteiger partial charge on any atom is 0.416 e. The van der Waals surface area contributed by atoms with Crippen LogP contribution in [0.15, 0.2) is 18.2 Å². The van der Waals surface area contributed by atoms with Crippen molar-refractivity contribution in [3.63, 3.8) is 0 Å². The fraction of sp³-hybridized carbons (Fsp3) is 0.417.